The Labute approximate surface area is 91.2 Å². The molecule has 0 saturated carbocycles. The number of ketones is 1. The molecule has 5 heteroatoms. The van der Waals surface area contributed by atoms with Gasteiger partial charge in [-0.2, -0.15) is 0 Å². The van der Waals surface area contributed by atoms with Gasteiger partial charge in [0.1, 0.15) is 11.9 Å². The van der Waals surface area contributed by atoms with Crippen molar-refractivity contribution in [3.05, 3.63) is 12.7 Å². The molecule has 0 radical (unpaired) electrons. The molecule has 0 saturated heterocycles. The van der Waals surface area contributed by atoms with Crippen LogP contribution in [0, 0.1) is 0 Å². The topological polar surface area (TPSA) is 52.6 Å². The molecule has 0 aromatic heterocycles. The Bertz CT molecular complexity index is 240. The molecule has 0 atom stereocenters. The van der Waals surface area contributed by atoms with Crippen LogP contribution < -0.4 is 0 Å². The fourth-order valence-corrected chi connectivity index (χ4v) is 2.71. The third kappa shape index (κ3) is 6.61. The van der Waals surface area contributed by atoms with E-state index in [9.17, 15) is 9.36 Å². The van der Waals surface area contributed by atoms with Crippen LogP contribution in [-0.4, -0.2) is 25.2 Å². The summed E-state index contributed by atoms with van der Waals surface area (Å²) < 4.78 is 21.9. The SMILES string of the molecule is C=CCCC(=O)CP(=O)(OCC)OCC. The summed E-state index contributed by atoms with van der Waals surface area (Å²) in [5, 5.41) is 0. The first-order chi connectivity index (χ1) is 7.08. The van der Waals surface area contributed by atoms with E-state index >= 15 is 0 Å². The van der Waals surface area contributed by atoms with Gasteiger partial charge in [0.05, 0.1) is 13.2 Å². The van der Waals surface area contributed by atoms with Crippen molar-refractivity contribution >= 4 is 13.4 Å². The molecule has 0 amide bonds. The first-order valence-corrected chi connectivity index (χ1v) is 6.81. The molecule has 15 heavy (non-hydrogen) atoms. The molecule has 0 unspecified atom stereocenters. The lowest BCUT2D eigenvalue weighted by Gasteiger charge is -2.15. The number of Topliss-reactive ketones (excluding diaryl/α,β-unsaturated/α-hetero) is 1. The molecular weight excluding hydrogens is 215 g/mol. The highest BCUT2D eigenvalue weighted by Gasteiger charge is 2.26. The van der Waals surface area contributed by atoms with Crippen molar-refractivity contribution in [3.8, 4) is 0 Å². The Balaban J connectivity index is 4.20. The van der Waals surface area contributed by atoms with Crippen LogP contribution in [-0.2, 0) is 18.4 Å². The summed E-state index contributed by atoms with van der Waals surface area (Å²) >= 11 is 0. The molecule has 0 aromatic carbocycles. The van der Waals surface area contributed by atoms with Crippen molar-refractivity contribution in [2.45, 2.75) is 26.7 Å². The molecular formula is C10H19O4P. The second-order valence-electron chi connectivity index (χ2n) is 2.97. The van der Waals surface area contributed by atoms with Gasteiger partial charge in [-0.1, -0.05) is 6.08 Å². The molecule has 4 nitrogen and oxygen atoms in total. The van der Waals surface area contributed by atoms with Crippen LogP contribution in [0.2, 0.25) is 0 Å². The van der Waals surface area contributed by atoms with E-state index in [-0.39, 0.29) is 25.2 Å². The predicted molar refractivity (Wildman–Crippen MR) is 60.2 cm³/mol. The van der Waals surface area contributed by atoms with Crippen molar-refractivity contribution in [2.75, 3.05) is 19.4 Å². The predicted octanol–water partition coefficient (Wildman–Crippen LogP) is 2.79. The highest BCUT2D eigenvalue weighted by molar-refractivity contribution is 7.54. The van der Waals surface area contributed by atoms with Gasteiger partial charge in [-0.25, -0.2) is 0 Å². The molecule has 0 fully saturated rings. The van der Waals surface area contributed by atoms with E-state index in [4.69, 9.17) is 9.05 Å². The van der Waals surface area contributed by atoms with Gasteiger partial charge < -0.3 is 9.05 Å². The minimum absolute atomic E-state index is 0.111. The van der Waals surface area contributed by atoms with E-state index in [1.807, 2.05) is 0 Å². The second-order valence-corrected chi connectivity index (χ2v) is 5.03. The molecule has 88 valence electrons. The fourth-order valence-electron chi connectivity index (χ4n) is 1.08. The highest BCUT2D eigenvalue weighted by Crippen LogP contribution is 2.47. The fraction of sp³-hybridized carbons (Fsp3) is 0.700. The second kappa shape index (κ2) is 7.80. The van der Waals surface area contributed by atoms with Gasteiger partial charge in [-0.3, -0.25) is 9.36 Å². The third-order valence-electron chi connectivity index (χ3n) is 1.65. The minimum atomic E-state index is -3.20. The Morgan fingerprint density at radius 3 is 2.27 bits per heavy atom. The first-order valence-electron chi connectivity index (χ1n) is 5.08. The maximum absolute atomic E-state index is 11.9. The quantitative estimate of drug-likeness (QED) is 0.454. The molecule has 0 aliphatic rings. The summed E-state index contributed by atoms with van der Waals surface area (Å²) in [6.07, 6.45) is 2.46. The molecule has 0 N–H and O–H groups in total. The number of rotatable bonds is 9. The monoisotopic (exact) mass is 234 g/mol. The molecule has 0 aliphatic heterocycles. The molecule has 0 aromatic rings. The van der Waals surface area contributed by atoms with Gasteiger partial charge in [0.2, 0.25) is 0 Å². The first kappa shape index (κ1) is 14.6. The zero-order chi connectivity index (χ0) is 11.7. The van der Waals surface area contributed by atoms with Crippen LogP contribution in [0.4, 0.5) is 0 Å². The van der Waals surface area contributed by atoms with Gasteiger partial charge in [0.25, 0.3) is 0 Å². The van der Waals surface area contributed by atoms with Crippen molar-refractivity contribution in [1.29, 1.82) is 0 Å². The number of carbonyl (C=O) groups excluding carboxylic acids is 1. The highest BCUT2D eigenvalue weighted by atomic mass is 31.2. The van der Waals surface area contributed by atoms with E-state index in [1.165, 1.54) is 0 Å². The Morgan fingerprint density at radius 1 is 1.33 bits per heavy atom. The van der Waals surface area contributed by atoms with E-state index < -0.39 is 7.60 Å². The van der Waals surface area contributed by atoms with Gasteiger partial charge in [-0.05, 0) is 20.3 Å². The molecule has 0 rings (SSSR count). The maximum Gasteiger partial charge on any atom is 0.338 e. The summed E-state index contributed by atoms with van der Waals surface area (Å²) in [5.74, 6) is -0.111. The average Bonchev–Trinajstić information content (AvgIpc) is 2.15. The zero-order valence-corrected chi connectivity index (χ0v) is 10.3. The smallest absolute Gasteiger partial charge is 0.309 e. The van der Waals surface area contributed by atoms with Crippen LogP contribution in [0.15, 0.2) is 12.7 Å². The molecule has 0 spiro atoms. The van der Waals surface area contributed by atoms with Crippen molar-refractivity contribution in [1.82, 2.24) is 0 Å². The maximum atomic E-state index is 11.9. The summed E-state index contributed by atoms with van der Waals surface area (Å²) in [6.45, 7) is 7.53. The van der Waals surface area contributed by atoms with Gasteiger partial charge in [-0.15, -0.1) is 6.58 Å². The number of hydrogen-bond donors (Lipinski definition) is 0. The summed E-state index contributed by atoms with van der Waals surface area (Å²) in [6, 6.07) is 0. The van der Waals surface area contributed by atoms with Gasteiger partial charge >= 0.3 is 7.60 Å². The minimum Gasteiger partial charge on any atom is -0.309 e. The van der Waals surface area contributed by atoms with E-state index in [1.54, 1.807) is 19.9 Å². The summed E-state index contributed by atoms with van der Waals surface area (Å²) in [4.78, 5) is 11.4. The van der Waals surface area contributed by atoms with E-state index in [2.05, 4.69) is 6.58 Å². The van der Waals surface area contributed by atoms with E-state index in [0.717, 1.165) is 0 Å². The number of carbonyl (C=O) groups is 1. The zero-order valence-electron chi connectivity index (χ0n) is 9.40. The van der Waals surface area contributed by atoms with Crippen LogP contribution in [0.1, 0.15) is 26.7 Å². The van der Waals surface area contributed by atoms with Gasteiger partial charge in [0, 0.05) is 6.42 Å². The number of allylic oxidation sites excluding steroid dienone is 1. The molecule has 0 aliphatic carbocycles. The molecule has 0 bridgehead atoms. The van der Waals surface area contributed by atoms with E-state index in [0.29, 0.717) is 12.8 Å². The normalized spacial score (nSPS) is 11.3. The van der Waals surface area contributed by atoms with Crippen molar-refractivity contribution in [3.63, 3.8) is 0 Å². The molecule has 0 heterocycles. The third-order valence-corrected chi connectivity index (χ3v) is 3.69. The summed E-state index contributed by atoms with van der Waals surface area (Å²) in [7, 11) is -3.20. The van der Waals surface area contributed by atoms with Gasteiger partial charge in [0.15, 0.2) is 0 Å². The average molecular weight is 234 g/mol. The van der Waals surface area contributed by atoms with Crippen molar-refractivity contribution < 1.29 is 18.4 Å². The lowest BCUT2D eigenvalue weighted by Crippen LogP contribution is -2.09. The Kier molecular flexibility index (Phi) is 7.57. The van der Waals surface area contributed by atoms with Crippen molar-refractivity contribution in [2.24, 2.45) is 0 Å². The standard InChI is InChI=1S/C10H19O4P/c1-4-7-8-10(11)9-15(12,13-5-2)14-6-3/h4H,1,5-9H2,2-3H3. The van der Waals surface area contributed by atoms with Crippen LogP contribution in [0.25, 0.3) is 0 Å². The van der Waals surface area contributed by atoms with Crippen LogP contribution in [0.3, 0.4) is 0 Å². The Morgan fingerprint density at radius 2 is 1.87 bits per heavy atom. The number of hydrogen-bond acceptors (Lipinski definition) is 4. The largest absolute Gasteiger partial charge is 0.338 e. The Hall–Kier alpha value is -0.440. The van der Waals surface area contributed by atoms with Crippen LogP contribution >= 0.6 is 7.60 Å². The lowest BCUT2D eigenvalue weighted by atomic mass is 10.2. The summed E-state index contributed by atoms with van der Waals surface area (Å²) in [5.41, 5.74) is 0. The van der Waals surface area contributed by atoms with Crippen LogP contribution in [0.5, 0.6) is 0 Å². The lowest BCUT2D eigenvalue weighted by molar-refractivity contribution is -0.116.